The lowest BCUT2D eigenvalue weighted by Gasteiger charge is -2.32. The Morgan fingerprint density at radius 1 is 1.00 bits per heavy atom. The largest absolute Gasteiger partial charge is 0.364 e. The lowest BCUT2D eigenvalue weighted by atomic mass is 9.88. The number of hydrogen-bond donors (Lipinski definition) is 0. The van der Waals surface area contributed by atoms with Gasteiger partial charge in [0.1, 0.15) is 17.2 Å². The van der Waals surface area contributed by atoms with Crippen LogP contribution in [0.5, 0.6) is 0 Å². The van der Waals surface area contributed by atoms with Crippen LogP contribution in [0.1, 0.15) is 18.1 Å². The number of hydrogen-bond acceptors (Lipinski definition) is 3. The first-order valence-electron chi connectivity index (χ1n) is 8.16. The second-order valence-electron chi connectivity index (χ2n) is 6.04. The molecule has 5 heteroatoms. The minimum Gasteiger partial charge on any atom is -0.364 e. The molecule has 0 spiro atoms. The van der Waals surface area contributed by atoms with E-state index in [-0.39, 0.29) is 11.6 Å². The van der Waals surface area contributed by atoms with Gasteiger partial charge in [0.25, 0.3) is 0 Å². The highest BCUT2D eigenvalue weighted by Gasteiger charge is 2.30. The normalized spacial score (nSPS) is 14.1. The van der Waals surface area contributed by atoms with E-state index in [1.54, 1.807) is 36.8 Å². The first-order chi connectivity index (χ1) is 12.1. The quantitative estimate of drug-likeness (QED) is 0.789. The van der Waals surface area contributed by atoms with E-state index in [1.165, 1.54) is 24.3 Å². The second kappa shape index (κ2) is 7.57. The van der Waals surface area contributed by atoms with Gasteiger partial charge in [0.2, 0.25) is 0 Å². The van der Waals surface area contributed by atoms with Gasteiger partial charge in [-0.2, -0.15) is 0 Å². The maximum atomic E-state index is 13.3. The molecule has 0 aliphatic carbocycles. The standard InChI is InChI=1S/C20H20F2N2O/c1-20(16-3-7-18(21)8-4-16,17-5-9-19(22)10-6-17)25-14-13-24-12-2-11-23-15-24/h2-11,15H,12-14H2,1H3. The van der Waals surface area contributed by atoms with Crippen LogP contribution in [0.2, 0.25) is 0 Å². The summed E-state index contributed by atoms with van der Waals surface area (Å²) >= 11 is 0. The van der Waals surface area contributed by atoms with Crippen LogP contribution in [0.3, 0.4) is 0 Å². The van der Waals surface area contributed by atoms with Crippen molar-refractivity contribution in [2.75, 3.05) is 19.7 Å². The molecule has 0 atom stereocenters. The van der Waals surface area contributed by atoms with E-state index in [9.17, 15) is 8.78 Å². The number of halogens is 2. The highest BCUT2D eigenvalue weighted by Crippen LogP contribution is 2.33. The van der Waals surface area contributed by atoms with E-state index >= 15 is 0 Å². The maximum Gasteiger partial charge on any atom is 0.123 e. The Morgan fingerprint density at radius 3 is 2.04 bits per heavy atom. The van der Waals surface area contributed by atoms with Gasteiger partial charge in [-0.15, -0.1) is 0 Å². The summed E-state index contributed by atoms with van der Waals surface area (Å²) in [5.41, 5.74) is 0.824. The second-order valence-corrected chi connectivity index (χ2v) is 6.04. The minimum atomic E-state index is -0.801. The van der Waals surface area contributed by atoms with Crippen LogP contribution in [-0.2, 0) is 10.3 Å². The predicted octanol–water partition coefficient (Wildman–Crippen LogP) is 4.10. The van der Waals surface area contributed by atoms with Crippen LogP contribution in [-0.4, -0.2) is 30.9 Å². The van der Waals surface area contributed by atoms with E-state index in [4.69, 9.17) is 4.74 Å². The zero-order chi connectivity index (χ0) is 17.7. The first kappa shape index (κ1) is 17.3. The zero-order valence-corrected chi connectivity index (χ0v) is 14.0. The summed E-state index contributed by atoms with van der Waals surface area (Å²) in [5.74, 6) is -0.608. The Kier molecular flexibility index (Phi) is 5.24. The SMILES string of the molecule is CC(OCCN1C=NC=CC1)(c1ccc(F)cc1)c1ccc(F)cc1. The molecule has 1 aliphatic heterocycles. The number of benzene rings is 2. The molecule has 3 rings (SSSR count). The summed E-state index contributed by atoms with van der Waals surface area (Å²) in [7, 11) is 0. The van der Waals surface area contributed by atoms with Gasteiger partial charge in [-0.05, 0) is 48.4 Å². The van der Waals surface area contributed by atoms with Gasteiger partial charge in [-0.25, -0.2) is 13.8 Å². The summed E-state index contributed by atoms with van der Waals surface area (Å²) in [4.78, 5) is 6.13. The fraction of sp³-hybridized carbons (Fsp3) is 0.250. The summed E-state index contributed by atoms with van der Waals surface area (Å²) in [6.07, 6.45) is 5.51. The monoisotopic (exact) mass is 342 g/mol. The summed E-state index contributed by atoms with van der Waals surface area (Å²) in [6.45, 7) is 3.82. The molecule has 0 N–H and O–H groups in total. The van der Waals surface area contributed by atoms with Gasteiger partial charge in [-0.3, -0.25) is 0 Å². The fourth-order valence-electron chi connectivity index (χ4n) is 2.81. The Morgan fingerprint density at radius 2 is 1.56 bits per heavy atom. The van der Waals surface area contributed by atoms with E-state index in [0.29, 0.717) is 13.2 Å². The lowest BCUT2D eigenvalue weighted by Crippen LogP contribution is -2.33. The van der Waals surface area contributed by atoms with Crippen LogP contribution in [0, 0.1) is 11.6 Å². The smallest absolute Gasteiger partial charge is 0.123 e. The van der Waals surface area contributed by atoms with Gasteiger partial charge in [0.05, 0.1) is 12.9 Å². The molecule has 0 saturated carbocycles. The topological polar surface area (TPSA) is 24.8 Å². The predicted molar refractivity (Wildman–Crippen MR) is 94.4 cm³/mol. The highest BCUT2D eigenvalue weighted by molar-refractivity contribution is 5.57. The van der Waals surface area contributed by atoms with Crippen molar-refractivity contribution in [3.05, 3.63) is 83.6 Å². The van der Waals surface area contributed by atoms with E-state index in [0.717, 1.165) is 17.7 Å². The lowest BCUT2D eigenvalue weighted by molar-refractivity contribution is -0.00803. The fourth-order valence-corrected chi connectivity index (χ4v) is 2.81. The van der Waals surface area contributed by atoms with Gasteiger partial charge < -0.3 is 9.64 Å². The van der Waals surface area contributed by atoms with Crippen LogP contribution in [0.15, 0.2) is 65.8 Å². The van der Waals surface area contributed by atoms with Gasteiger partial charge in [0, 0.05) is 19.3 Å². The molecule has 0 bridgehead atoms. The molecule has 0 fully saturated rings. The van der Waals surface area contributed by atoms with E-state index in [2.05, 4.69) is 4.99 Å². The highest BCUT2D eigenvalue weighted by atomic mass is 19.1. The molecule has 25 heavy (non-hydrogen) atoms. The number of nitrogens with zero attached hydrogens (tertiary/aromatic N) is 2. The molecule has 0 amide bonds. The van der Waals surface area contributed by atoms with Crippen molar-refractivity contribution in [1.82, 2.24) is 4.90 Å². The molecule has 0 unspecified atom stereocenters. The van der Waals surface area contributed by atoms with Gasteiger partial charge in [-0.1, -0.05) is 24.3 Å². The van der Waals surface area contributed by atoms with Crippen LogP contribution < -0.4 is 0 Å². The molecule has 2 aromatic carbocycles. The summed E-state index contributed by atoms with van der Waals surface area (Å²) in [5, 5.41) is 0. The molecule has 0 aromatic heterocycles. The minimum absolute atomic E-state index is 0.304. The average molecular weight is 342 g/mol. The molecule has 0 saturated heterocycles. The van der Waals surface area contributed by atoms with Crippen LogP contribution >= 0.6 is 0 Å². The van der Waals surface area contributed by atoms with Gasteiger partial charge >= 0.3 is 0 Å². The van der Waals surface area contributed by atoms with Crippen molar-refractivity contribution < 1.29 is 13.5 Å². The maximum absolute atomic E-state index is 13.3. The Bertz CT molecular complexity index is 709. The molecule has 3 nitrogen and oxygen atoms in total. The molecule has 130 valence electrons. The summed E-state index contributed by atoms with van der Waals surface area (Å²) < 4.78 is 32.8. The third-order valence-electron chi connectivity index (χ3n) is 4.32. The molecular weight excluding hydrogens is 322 g/mol. The Labute approximate surface area is 146 Å². The Balaban J connectivity index is 1.80. The Hall–Kier alpha value is -2.53. The number of aliphatic imine (C=N–C) groups is 1. The third-order valence-corrected chi connectivity index (χ3v) is 4.32. The molecule has 1 aliphatic rings. The van der Waals surface area contributed by atoms with Gasteiger partial charge in [0.15, 0.2) is 0 Å². The van der Waals surface area contributed by atoms with Crippen molar-refractivity contribution >= 4 is 6.34 Å². The third kappa shape index (κ3) is 4.12. The van der Waals surface area contributed by atoms with Crippen molar-refractivity contribution in [1.29, 1.82) is 0 Å². The first-order valence-corrected chi connectivity index (χ1v) is 8.16. The molecule has 2 aromatic rings. The van der Waals surface area contributed by atoms with Crippen LogP contribution in [0.4, 0.5) is 8.78 Å². The average Bonchev–Trinajstić information content (AvgIpc) is 2.63. The van der Waals surface area contributed by atoms with Crippen molar-refractivity contribution in [2.24, 2.45) is 4.99 Å². The zero-order valence-electron chi connectivity index (χ0n) is 14.0. The van der Waals surface area contributed by atoms with Crippen LogP contribution in [0.25, 0.3) is 0 Å². The van der Waals surface area contributed by atoms with Crippen molar-refractivity contribution in [2.45, 2.75) is 12.5 Å². The molecule has 0 radical (unpaired) electrons. The van der Waals surface area contributed by atoms with E-state index < -0.39 is 5.60 Å². The number of ether oxygens (including phenoxy) is 1. The van der Waals surface area contributed by atoms with Crippen molar-refractivity contribution in [3.8, 4) is 0 Å². The summed E-state index contributed by atoms with van der Waals surface area (Å²) in [6, 6.07) is 12.4. The van der Waals surface area contributed by atoms with E-state index in [1.807, 2.05) is 17.9 Å². The molecular formula is C20H20F2N2O. The van der Waals surface area contributed by atoms with Crippen molar-refractivity contribution in [3.63, 3.8) is 0 Å². The number of rotatable bonds is 6. The molecule has 1 heterocycles.